The normalized spacial score (nSPS) is 10.8. The third-order valence-electron chi connectivity index (χ3n) is 1.64. The average Bonchev–Trinajstić information content (AvgIpc) is 1.98. The minimum atomic E-state index is -0.168. The van der Waals surface area contributed by atoms with Crippen molar-refractivity contribution in [3.05, 3.63) is 27.6 Å². The molecule has 0 atom stereocenters. The zero-order valence-corrected chi connectivity index (χ0v) is 8.51. The summed E-state index contributed by atoms with van der Waals surface area (Å²) in [6, 6.07) is 1.47. The van der Waals surface area contributed by atoms with Gasteiger partial charge in [0.05, 0.1) is 10.7 Å². The van der Waals surface area contributed by atoms with Crippen molar-refractivity contribution in [2.45, 2.75) is 20.4 Å². The first kappa shape index (κ1) is 10.1. The lowest BCUT2D eigenvalue weighted by atomic mass is 10.2. The number of anilines is 1. The molecule has 0 unspecified atom stereocenters. The molecular formula is C9H13ClN2O. The van der Waals surface area contributed by atoms with Crippen molar-refractivity contribution in [1.82, 2.24) is 4.57 Å². The number of nitrogens with two attached hydrogens (primary N) is 1. The molecule has 0 saturated heterocycles. The molecule has 3 nitrogen and oxygen atoms in total. The van der Waals surface area contributed by atoms with Gasteiger partial charge in [-0.3, -0.25) is 4.79 Å². The summed E-state index contributed by atoms with van der Waals surface area (Å²) in [6.07, 6.45) is 1.61. The summed E-state index contributed by atoms with van der Waals surface area (Å²) < 4.78 is 1.54. The van der Waals surface area contributed by atoms with Crippen molar-refractivity contribution in [2.75, 3.05) is 5.73 Å². The number of nitrogens with zero attached hydrogens (tertiary/aromatic N) is 1. The SMILES string of the molecule is CC(C)Cn1cc(Cl)cc(N)c1=O. The van der Waals surface area contributed by atoms with Crippen LogP contribution in [0.2, 0.25) is 5.02 Å². The van der Waals surface area contributed by atoms with Gasteiger partial charge in [-0.2, -0.15) is 0 Å². The van der Waals surface area contributed by atoms with Crippen LogP contribution in [-0.4, -0.2) is 4.57 Å². The largest absolute Gasteiger partial charge is 0.394 e. The maximum atomic E-state index is 11.4. The number of hydrogen-bond donors (Lipinski definition) is 1. The molecule has 0 saturated carbocycles. The van der Waals surface area contributed by atoms with Crippen LogP contribution in [0.3, 0.4) is 0 Å². The van der Waals surface area contributed by atoms with E-state index in [1.54, 1.807) is 10.8 Å². The Bertz CT molecular complexity index is 357. The first-order valence-corrected chi connectivity index (χ1v) is 4.54. The molecular weight excluding hydrogens is 188 g/mol. The number of nitrogen functional groups attached to an aromatic ring is 1. The van der Waals surface area contributed by atoms with Gasteiger partial charge in [0.25, 0.3) is 5.56 Å². The minimum Gasteiger partial charge on any atom is -0.394 e. The van der Waals surface area contributed by atoms with E-state index < -0.39 is 0 Å². The van der Waals surface area contributed by atoms with Crippen molar-refractivity contribution in [2.24, 2.45) is 5.92 Å². The Morgan fingerprint density at radius 1 is 1.62 bits per heavy atom. The monoisotopic (exact) mass is 200 g/mol. The lowest BCUT2D eigenvalue weighted by molar-refractivity contribution is 0.512. The Labute approximate surface area is 82.1 Å². The smallest absolute Gasteiger partial charge is 0.273 e. The Balaban J connectivity index is 3.13. The van der Waals surface area contributed by atoms with E-state index in [-0.39, 0.29) is 11.2 Å². The minimum absolute atomic E-state index is 0.168. The fourth-order valence-electron chi connectivity index (χ4n) is 1.15. The summed E-state index contributed by atoms with van der Waals surface area (Å²) >= 11 is 5.77. The van der Waals surface area contributed by atoms with Crippen LogP contribution in [0.5, 0.6) is 0 Å². The molecule has 1 heterocycles. The van der Waals surface area contributed by atoms with Crippen molar-refractivity contribution >= 4 is 17.3 Å². The van der Waals surface area contributed by atoms with E-state index in [9.17, 15) is 4.79 Å². The molecule has 72 valence electrons. The quantitative estimate of drug-likeness (QED) is 0.791. The van der Waals surface area contributed by atoms with Crippen LogP contribution in [0.4, 0.5) is 5.69 Å². The van der Waals surface area contributed by atoms with Crippen LogP contribution >= 0.6 is 11.6 Å². The maximum absolute atomic E-state index is 11.4. The highest BCUT2D eigenvalue weighted by molar-refractivity contribution is 6.30. The first-order chi connectivity index (χ1) is 6.00. The Hall–Kier alpha value is -0.960. The van der Waals surface area contributed by atoms with E-state index in [0.717, 1.165) is 0 Å². The third-order valence-corrected chi connectivity index (χ3v) is 1.85. The van der Waals surface area contributed by atoms with Gasteiger partial charge in [-0.05, 0) is 12.0 Å². The molecule has 0 bridgehead atoms. The fourth-order valence-corrected chi connectivity index (χ4v) is 1.39. The highest BCUT2D eigenvalue weighted by Gasteiger charge is 2.03. The highest BCUT2D eigenvalue weighted by Crippen LogP contribution is 2.09. The first-order valence-electron chi connectivity index (χ1n) is 4.16. The zero-order chi connectivity index (χ0) is 10.0. The molecule has 0 spiro atoms. The third kappa shape index (κ3) is 2.49. The molecule has 0 radical (unpaired) electrons. The molecule has 0 aromatic carbocycles. The van der Waals surface area contributed by atoms with Crippen molar-refractivity contribution in [3.8, 4) is 0 Å². The lowest BCUT2D eigenvalue weighted by Crippen LogP contribution is -2.24. The Kier molecular flexibility index (Phi) is 2.98. The molecule has 2 N–H and O–H groups in total. The Morgan fingerprint density at radius 2 is 2.23 bits per heavy atom. The van der Waals surface area contributed by atoms with Crippen LogP contribution in [0.1, 0.15) is 13.8 Å². The predicted octanol–water partition coefficient (Wildman–Crippen LogP) is 1.74. The average molecular weight is 201 g/mol. The standard InChI is InChI=1S/C9H13ClN2O/c1-6(2)4-12-5-7(10)3-8(11)9(12)13/h3,5-6H,4,11H2,1-2H3. The van der Waals surface area contributed by atoms with Gasteiger partial charge in [-0.1, -0.05) is 25.4 Å². The zero-order valence-electron chi connectivity index (χ0n) is 7.75. The molecule has 1 aromatic rings. The summed E-state index contributed by atoms with van der Waals surface area (Å²) in [5.41, 5.74) is 5.51. The number of halogens is 1. The van der Waals surface area contributed by atoms with E-state index in [1.165, 1.54) is 6.07 Å². The van der Waals surface area contributed by atoms with Crippen LogP contribution in [0, 0.1) is 5.92 Å². The second kappa shape index (κ2) is 3.83. The molecule has 4 heteroatoms. The maximum Gasteiger partial charge on any atom is 0.273 e. The molecule has 0 aliphatic carbocycles. The van der Waals surface area contributed by atoms with Crippen LogP contribution < -0.4 is 11.3 Å². The van der Waals surface area contributed by atoms with E-state index >= 15 is 0 Å². The van der Waals surface area contributed by atoms with Crippen LogP contribution in [0.25, 0.3) is 0 Å². The van der Waals surface area contributed by atoms with Crippen molar-refractivity contribution in [1.29, 1.82) is 0 Å². The molecule has 13 heavy (non-hydrogen) atoms. The molecule has 0 amide bonds. The number of hydrogen-bond acceptors (Lipinski definition) is 2. The van der Waals surface area contributed by atoms with Gasteiger partial charge >= 0.3 is 0 Å². The summed E-state index contributed by atoms with van der Waals surface area (Å²) in [7, 11) is 0. The second-order valence-electron chi connectivity index (χ2n) is 3.47. The highest BCUT2D eigenvalue weighted by atomic mass is 35.5. The fraction of sp³-hybridized carbons (Fsp3) is 0.444. The van der Waals surface area contributed by atoms with Crippen LogP contribution in [0.15, 0.2) is 17.1 Å². The van der Waals surface area contributed by atoms with Gasteiger partial charge in [0.1, 0.15) is 0 Å². The number of rotatable bonds is 2. The van der Waals surface area contributed by atoms with Gasteiger partial charge in [0, 0.05) is 12.7 Å². The van der Waals surface area contributed by atoms with Gasteiger partial charge in [-0.15, -0.1) is 0 Å². The lowest BCUT2D eigenvalue weighted by Gasteiger charge is -2.09. The van der Waals surface area contributed by atoms with Gasteiger partial charge < -0.3 is 10.3 Å². The van der Waals surface area contributed by atoms with E-state index in [4.69, 9.17) is 17.3 Å². The molecule has 1 rings (SSSR count). The molecule has 0 fully saturated rings. The predicted molar refractivity (Wildman–Crippen MR) is 55.0 cm³/mol. The topological polar surface area (TPSA) is 48.0 Å². The van der Waals surface area contributed by atoms with Gasteiger partial charge in [-0.25, -0.2) is 0 Å². The van der Waals surface area contributed by atoms with E-state index in [2.05, 4.69) is 0 Å². The molecule has 0 aliphatic heterocycles. The summed E-state index contributed by atoms with van der Waals surface area (Å²) in [4.78, 5) is 11.4. The van der Waals surface area contributed by atoms with E-state index in [0.29, 0.717) is 17.5 Å². The summed E-state index contributed by atoms with van der Waals surface area (Å²) in [5.74, 6) is 0.399. The van der Waals surface area contributed by atoms with Crippen molar-refractivity contribution in [3.63, 3.8) is 0 Å². The van der Waals surface area contributed by atoms with Crippen LogP contribution in [-0.2, 0) is 6.54 Å². The summed E-state index contributed by atoms with van der Waals surface area (Å²) in [5, 5.41) is 0.498. The molecule has 0 aliphatic rings. The molecule has 1 aromatic heterocycles. The Morgan fingerprint density at radius 3 is 2.77 bits per heavy atom. The number of pyridine rings is 1. The van der Waals surface area contributed by atoms with Crippen molar-refractivity contribution < 1.29 is 0 Å². The second-order valence-corrected chi connectivity index (χ2v) is 3.90. The summed E-state index contributed by atoms with van der Waals surface area (Å²) in [6.45, 7) is 4.71. The van der Waals surface area contributed by atoms with Gasteiger partial charge in [0.15, 0.2) is 0 Å². The van der Waals surface area contributed by atoms with Gasteiger partial charge in [0.2, 0.25) is 0 Å². The van der Waals surface area contributed by atoms with E-state index in [1.807, 2.05) is 13.8 Å². The number of aromatic nitrogens is 1.